The van der Waals surface area contributed by atoms with Gasteiger partial charge in [-0.2, -0.15) is 0 Å². The molecule has 0 heterocycles. The van der Waals surface area contributed by atoms with Crippen LogP contribution in [0.5, 0.6) is 0 Å². The zero-order chi connectivity index (χ0) is 19.2. The summed E-state index contributed by atoms with van der Waals surface area (Å²) in [5, 5.41) is 2.88. The van der Waals surface area contributed by atoms with Crippen LogP contribution in [0.3, 0.4) is 0 Å². The minimum absolute atomic E-state index is 0.0486. The zero-order valence-corrected chi connectivity index (χ0v) is 16.4. The summed E-state index contributed by atoms with van der Waals surface area (Å²) in [6.45, 7) is 6.27. The third-order valence-electron chi connectivity index (χ3n) is 4.20. The number of nitrogens with one attached hydrogen (secondary N) is 1. The molecule has 0 saturated heterocycles. The van der Waals surface area contributed by atoms with Gasteiger partial charge in [0.25, 0.3) is 0 Å². The van der Waals surface area contributed by atoms with Gasteiger partial charge in [0.05, 0.1) is 16.7 Å². The summed E-state index contributed by atoms with van der Waals surface area (Å²) >= 11 is 0. The van der Waals surface area contributed by atoms with Crippen molar-refractivity contribution in [1.82, 2.24) is 5.32 Å². The van der Waals surface area contributed by atoms with E-state index in [4.69, 9.17) is 0 Å². The van der Waals surface area contributed by atoms with Crippen molar-refractivity contribution in [1.29, 1.82) is 0 Å². The van der Waals surface area contributed by atoms with Crippen LogP contribution in [-0.4, -0.2) is 20.1 Å². The van der Waals surface area contributed by atoms with Gasteiger partial charge in [-0.05, 0) is 42.5 Å². The van der Waals surface area contributed by atoms with E-state index < -0.39 is 9.84 Å². The molecule has 1 atom stereocenters. The van der Waals surface area contributed by atoms with E-state index in [9.17, 15) is 13.2 Å². The first-order valence-electron chi connectivity index (χ1n) is 8.94. The van der Waals surface area contributed by atoms with Gasteiger partial charge < -0.3 is 5.32 Å². The number of carbonyl (C=O) groups excluding carboxylic acids is 1. The van der Waals surface area contributed by atoms with Crippen LogP contribution in [-0.2, 0) is 21.1 Å². The number of amides is 1. The van der Waals surface area contributed by atoms with Crippen molar-refractivity contribution in [2.24, 2.45) is 5.92 Å². The van der Waals surface area contributed by atoms with Gasteiger partial charge in [0.15, 0.2) is 9.84 Å². The molecule has 0 aromatic heterocycles. The van der Waals surface area contributed by atoms with E-state index in [1.54, 1.807) is 30.3 Å². The molecule has 4 nitrogen and oxygen atoms in total. The molecule has 2 rings (SSSR count). The molecule has 1 N–H and O–H groups in total. The number of rotatable bonds is 8. The second-order valence-electron chi connectivity index (χ2n) is 7.01. The molecule has 0 fully saturated rings. The summed E-state index contributed by atoms with van der Waals surface area (Å²) in [7, 11) is -3.43. The average molecular weight is 374 g/mol. The molecule has 0 aliphatic carbocycles. The van der Waals surface area contributed by atoms with Crippen LogP contribution in [0.4, 0.5) is 0 Å². The van der Waals surface area contributed by atoms with Gasteiger partial charge >= 0.3 is 0 Å². The van der Waals surface area contributed by atoms with Gasteiger partial charge in [-0.1, -0.05) is 56.3 Å². The first-order chi connectivity index (χ1) is 12.3. The Balaban J connectivity index is 1.89. The molecule has 0 bridgehead atoms. The third kappa shape index (κ3) is 5.99. The number of sulfone groups is 1. The van der Waals surface area contributed by atoms with Crippen LogP contribution in [0.15, 0.2) is 59.5 Å². The van der Waals surface area contributed by atoms with Gasteiger partial charge in [0.2, 0.25) is 5.91 Å². The topological polar surface area (TPSA) is 63.2 Å². The summed E-state index contributed by atoms with van der Waals surface area (Å²) in [6, 6.07) is 16.3. The van der Waals surface area contributed by atoms with E-state index in [0.717, 1.165) is 12.0 Å². The number of hydrogen-bond donors (Lipinski definition) is 1. The maximum atomic E-state index is 12.2. The van der Waals surface area contributed by atoms with Gasteiger partial charge in [0.1, 0.15) is 0 Å². The number of carbonyl (C=O) groups is 1. The van der Waals surface area contributed by atoms with Crippen LogP contribution >= 0.6 is 0 Å². The average Bonchev–Trinajstić information content (AvgIpc) is 2.61. The van der Waals surface area contributed by atoms with Gasteiger partial charge in [0, 0.05) is 6.42 Å². The molecular weight excluding hydrogens is 346 g/mol. The van der Waals surface area contributed by atoms with Crippen molar-refractivity contribution in [2.75, 3.05) is 5.75 Å². The molecule has 2 aromatic rings. The van der Waals surface area contributed by atoms with Crippen molar-refractivity contribution in [3.05, 3.63) is 65.7 Å². The summed E-state index contributed by atoms with van der Waals surface area (Å²) in [6.07, 6.45) is 0.978. The number of benzene rings is 2. The molecule has 0 aliphatic rings. The SMILES string of the molecule is CC(C)Cc1ccc([C@@H](C)NC(=O)CCS(=O)(=O)c2ccccc2)cc1. The molecule has 5 heteroatoms. The van der Waals surface area contributed by atoms with Crippen molar-refractivity contribution in [3.8, 4) is 0 Å². The van der Waals surface area contributed by atoms with Crippen molar-refractivity contribution < 1.29 is 13.2 Å². The minimum Gasteiger partial charge on any atom is -0.350 e. The summed E-state index contributed by atoms with van der Waals surface area (Å²) in [4.78, 5) is 12.4. The van der Waals surface area contributed by atoms with E-state index in [2.05, 4.69) is 31.3 Å². The molecule has 140 valence electrons. The highest BCUT2D eigenvalue weighted by molar-refractivity contribution is 7.91. The Kier molecular flexibility index (Phi) is 6.98. The Morgan fingerprint density at radius 2 is 1.58 bits per heavy atom. The summed E-state index contributed by atoms with van der Waals surface area (Å²) in [5.41, 5.74) is 2.29. The van der Waals surface area contributed by atoms with Crippen molar-refractivity contribution in [3.63, 3.8) is 0 Å². The Morgan fingerprint density at radius 1 is 0.962 bits per heavy atom. The van der Waals surface area contributed by atoms with Gasteiger partial charge in [-0.25, -0.2) is 8.42 Å². The lowest BCUT2D eigenvalue weighted by atomic mass is 10.00. The Labute approximate surface area is 156 Å². The normalized spacial score (nSPS) is 12.8. The molecule has 0 spiro atoms. The summed E-state index contributed by atoms with van der Waals surface area (Å²) in [5.74, 6) is 0.149. The molecular formula is C21H27NO3S. The van der Waals surface area contributed by atoms with E-state index in [1.807, 2.05) is 19.1 Å². The lowest BCUT2D eigenvalue weighted by Gasteiger charge is -2.15. The molecule has 26 heavy (non-hydrogen) atoms. The van der Waals surface area contributed by atoms with Crippen molar-refractivity contribution in [2.45, 2.75) is 44.6 Å². The first-order valence-corrected chi connectivity index (χ1v) is 10.6. The minimum atomic E-state index is -3.43. The van der Waals surface area contributed by atoms with Crippen LogP contribution in [0.1, 0.15) is 44.4 Å². The van der Waals surface area contributed by atoms with E-state index in [1.165, 1.54) is 5.56 Å². The maximum absolute atomic E-state index is 12.2. The van der Waals surface area contributed by atoms with E-state index in [0.29, 0.717) is 5.92 Å². The number of hydrogen-bond acceptors (Lipinski definition) is 3. The molecule has 0 aliphatic heterocycles. The second kappa shape index (κ2) is 8.99. The lowest BCUT2D eigenvalue weighted by Crippen LogP contribution is -2.28. The lowest BCUT2D eigenvalue weighted by molar-refractivity contribution is -0.121. The van der Waals surface area contributed by atoms with Crippen LogP contribution < -0.4 is 5.32 Å². The highest BCUT2D eigenvalue weighted by Gasteiger charge is 2.17. The summed E-state index contributed by atoms with van der Waals surface area (Å²) < 4.78 is 24.5. The molecule has 2 aromatic carbocycles. The monoisotopic (exact) mass is 373 g/mol. The van der Waals surface area contributed by atoms with Crippen LogP contribution in [0, 0.1) is 5.92 Å². The predicted molar refractivity (Wildman–Crippen MR) is 105 cm³/mol. The van der Waals surface area contributed by atoms with Crippen molar-refractivity contribution >= 4 is 15.7 Å². The Bertz CT molecular complexity index is 812. The highest BCUT2D eigenvalue weighted by Crippen LogP contribution is 2.16. The molecule has 1 amide bonds. The fourth-order valence-corrected chi connectivity index (χ4v) is 4.05. The fourth-order valence-electron chi connectivity index (χ4n) is 2.78. The highest BCUT2D eigenvalue weighted by atomic mass is 32.2. The standard InChI is InChI=1S/C21H27NO3S/c1-16(2)15-18-9-11-19(12-10-18)17(3)22-21(23)13-14-26(24,25)20-7-5-4-6-8-20/h4-12,16-17H,13-15H2,1-3H3,(H,22,23)/t17-/m1/s1. The van der Waals surface area contributed by atoms with Gasteiger partial charge in [-0.3, -0.25) is 4.79 Å². The maximum Gasteiger partial charge on any atom is 0.221 e. The quantitative estimate of drug-likeness (QED) is 0.763. The molecule has 0 radical (unpaired) electrons. The van der Waals surface area contributed by atoms with E-state index in [-0.39, 0.29) is 29.0 Å². The van der Waals surface area contributed by atoms with Gasteiger partial charge in [-0.15, -0.1) is 0 Å². The molecule has 0 unspecified atom stereocenters. The Hall–Kier alpha value is -2.14. The van der Waals surface area contributed by atoms with E-state index >= 15 is 0 Å². The Morgan fingerprint density at radius 3 is 2.15 bits per heavy atom. The predicted octanol–water partition coefficient (Wildman–Crippen LogP) is 3.93. The second-order valence-corrected chi connectivity index (χ2v) is 9.12. The fraction of sp³-hybridized carbons (Fsp3) is 0.381. The zero-order valence-electron chi connectivity index (χ0n) is 15.6. The third-order valence-corrected chi connectivity index (χ3v) is 5.93. The molecule has 0 saturated carbocycles. The van der Waals surface area contributed by atoms with Crippen LogP contribution in [0.2, 0.25) is 0 Å². The largest absolute Gasteiger partial charge is 0.350 e. The van der Waals surface area contributed by atoms with Crippen LogP contribution in [0.25, 0.3) is 0 Å². The smallest absolute Gasteiger partial charge is 0.221 e. The first kappa shape index (κ1) is 20.2.